The first-order chi connectivity index (χ1) is 18.0. The SMILES string of the molecule is Cc1nc(OCc2nc3ccccc3s2)cc(-n2nc(N)nc2Cc2nc(-c3ccccc3)sc2C)n1. The van der Waals surface area contributed by atoms with Gasteiger partial charge in [-0.1, -0.05) is 42.5 Å². The van der Waals surface area contributed by atoms with Crippen LogP contribution >= 0.6 is 22.7 Å². The first kappa shape index (κ1) is 23.2. The standard InChI is InChI=1S/C26H22N8OS2/c1-15-19(31-25(36-15)17-8-4-3-5-9-17)12-21-32-26(27)33-34(21)22-13-23(29-16(2)28-22)35-14-24-30-18-10-6-7-11-20(18)37-24/h3-11,13H,12,14H2,1-2H3,(H2,27,33). The monoisotopic (exact) mass is 526 g/mol. The third-order valence-corrected chi connectivity index (χ3v) is 7.70. The van der Waals surface area contributed by atoms with E-state index in [1.165, 1.54) is 0 Å². The molecule has 0 fully saturated rings. The summed E-state index contributed by atoms with van der Waals surface area (Å²) in [5.41, 5.74) is 8.98. The minimum atomic E-state index is 0.166. The van der Waals surface area contributed by atoms with Crippen molar-refractivity contribution in [3.05, 3.63) is 87.9 Å². The Bertz CT molecular complexity index is 1670. The van der Waals surface area contributed by atoms with Crippen molar-refractivity contribution >= 4 is 38.8 Å². The third kappa shape index (κ3) is 4.91. The molecule has 0 aliphatic carbocycles. The first-order valence-electron chi connectivity index (χ1n) is 11.6. The molecule has 0 aliphatic rings. The Morgan fingerprint density at radius 2 is 1.70 bits per heavy atom. The highest BCUT2D eigenvalue weighted by Gasteiger charge is 2.18. The second kappa shape index (κ2) is 9.68. The Kier molecular flexibility index (Phi) is 6.07. The predicted octanol–water partition coefficient (Wildman–Crippen LogP) is 5.16. The molecule has 2 N–H and O–H groups in total. The molecule has 0 saturated heterocycles. The zero-order valence-electron chi connectivity index (χ0n) is 20.1. The molecule has 4 heterocycles. The van der Waals surface area contributed by atoms with Crippen LogP contribution in [0.1, 0.15) is 27.2 Å². The number of aryl methyl sites for hydroxylation is 2. The number of thiazole rings is 2. The van der Waals surface area contributed by atoms with Gasteiger partial charge in [0.2, 0.25) is 11.8 Å². The number of hydrogen-bond acceptors (Lipinski definition) is 10. The Balaban J connectivity index is 1.26. The number of hydrogen-bond donors (Lipinski definition) is 1. The molecule has 0 radical (unpaired) electrons. The maximum absolute atomic E-state index is 6.01. The lowest BCUT2D eigenvalue weighted by molar-refractivity contribution is 0.292. The van der Waals surface area contributed by atoms with Gasteiger partial charge in [0, 0.05) is 16.5 Å². The second-order valence-corrected chi connectivity index (χ2v) is 10.7. The van der Waals surface area contributed by atoms with Crippen molar-refractivity contribution in [2.24, 2.45) is 0 Å². The van der Waals surface area contributed by atoms with Crippen LogP contribution in [-0.2, 0) is 13.0 Å². The lowest BCUT2D eigenvalue weighted by Crippen LogP contribution is -2.09. The van der Waals surface area contributed by atoms with Gasteiger partial charge in [-0.25, -0.2) is 15.0 Å². The molecular weight excluding hydrogens is 504 g/mol. The molecule has 0 spiro atoms. The quantitative estimate of drug-likeness (QED) is 0.303. The van der Waals surface area contributed by atoms with E-state index in [1.807, 2.05) is 49.4 Å². The number of rotatable bonds is 7. The first-order valence-corrected chi connectivity index (χ1v) is 13.2. The van der Waals surface area contributed by atoms with Crippen molar-refractivity contribution in [3.63, 3.8) is 0 Å². The fourth-order valence-electron chi connectivity index (χ4n) is 3.93. The average molecular weight is 527 g/mol. The smallest absolute Gasteiger partial charge is 0.240 e. The number of ether oxygens (including phenoxy) is 1. The van der Waals surface area contributed by atoms with Gasteiger partial charge >= 0.3 is 0 Å². The summed E-state index contributed by atoms with van der Waals surface area (Å²) < 4.78 is 8.75. The summed E-state index contributed by atoms with van der Waals surface area (Å²) in [6.45, 7) is 4.18. The molecule has 2 aromatic carbocycles. The van der Waals surface area contributed by atoms with E-state index in [1.54, 1.807) is 33.4 Å². The van der Waals surface area contributed by atoms with E-state index in [0.29, 0.717) is 36.4 Å². The largest absolute Gasteiger partial charge is 0.470 e. The summed E-state index contributed by atoms with van der Waals surface area (Å²) in [5, 5.41) is 6.25. The van der Waals surface area contributed by atoms with E-state index >= 15 is 0 Å². The molecular formula is C26H22N8OS2. The zero-order chi connectivity index (χ0) is 25.4. The highest BCUT2D eigenvalue weighted by atomic mass is 32.1. The van der Waals surface area contributed by atoms with Crippen LogP contribution in [0.15, 0.2) is 60.7 Å². The van der Waals surface area contributed by atoms with Gasteiger partial charge in [0.1, 0.15) is 28.3 Å². The van der Waals surface area contributed by atoms with Crippen molar-refractivity contribution in [2.75, 3.05) is 5.73 Å². The van der Waals surface area contributed by atoms with Gasteiger partial charge in [-0.05, 0) is 26.0 Å². The van der Waals surface area contributed by atoms with E-state index in [9.17, 15) is 0 Å². The number of para-hydroxylation sites is 1. The highest BCUT2D eigenvalue weighted by molar-refractivity contribution is 7.18. The number of nitrogens with zero attached hydrogens (tertiary/aromatic N) is 7. The number of benzene rings is 2. The Morgan fingerprint density at radius 3 is 2.54 bits per heavy atom. The fourth-order valence-corrected chi connectivity index (χ4v) is 5.75. The normalized spacial score (nSPS) is 11.3. The topological polar surface area (TPSA) is 118 Å². The van der Waals surface area contributed by atoms with Crippen molar-refractivity contribution in [3.8, 4) is 22.3 Å². The summed E-state index contributed by atoms with van der Waals surface area (Å²) in [7, 11) is 0. The molecule has 0 amide bonds. The van der Waals surface area contributed by atoms with Crippen molar-refractivity contribution in [2.45, 2.75) is 26.9 Å². The van der Waals surface area contributed by atoms with E-state index < -0.39 is 0 Å². The van der Waals surface area contributed by atoms with Gasteiger partial charge in [-0.2, -0.15) is 14.6 Å². The van der Waals surface area contributed by atoms with Crippen molar-refractivity contribution < 1.29 is 4.74 Å². The van der Waals surface area contributed by atoms with E-state index in [2.05, 4.69) is 44.1 Å². The van der Waals surface area contributed by atoms with Crippen molar-refractivity contribution in [1.82, 2.24) is 34.7 Å². The Hall–Kier alpha value is -4.22. The van der Waals surface area contributed by atoms with Crippen LogP contribution in [0.3, 0.4) is 0 Å². The van der Waals surface area contributed by atoms with Gasteiger partial charge < -0.3 is 10.5 Å². The maximum Gasteiger partial charge on any atom is 0.240 e. The minimum Gasteiger partial charge on any atom is -0.470 e. The molecule has 6 aromatic rings. The molecule has 0 unspecified atom stereocenters. The van der Waals surface area contributed by atoms with Crippen LogP contribution in [0, 0.1) is 13.8 Å². The Labute approximate surface area is 220 Å². The number of fused-ring (bicyclic) bond motifs is 1. The summed E-state index contributed by atoms with van der Waals surface area (Å²) in [6, 6.07) is 19.9. The average Bonchev–Trinajstić information content (AvgIpc) is 3.59. The molecule has 37 heavy (non-hydrogen) atoms. The highest BCUT2D eigenvalue weighted by Crippen LogP contribution is 2.29. The molecule has 0 atom stereocenters. The molecule has 9 nitrogen and oxygen atoms in total. The molecule has 4 aromatic heterocycles. The lowest BCUT2D eigenvalue weighted by Gasteiger charge is -2.08. The maximum atomic E-state index is 6.01. The van der Waals surface area contributed by atoms with Crippen LogP contribution in [0.4, 0.5) is 5.95 Å². The van der Waals surface area contributed by atoms with Crippen LogP contribution in [0.25, 0.3) is 26.6 Å². The van der Waals surface area contributed by atoms with Crippen LogP contribution in [-0.4, -0.2) is 34.7 Å². The van der Waals surface area contributed by atoms with Crippen LogP contribution in [0.5, 0.6) is 5.88 Å². The fraction of sp³-hybridized carbons (Fsp3) is 0.154. The number of nitrogen functional groups attached to an aromatic ring is 1. The number of anilines is 1. The van der Waals surface area contributed by atoms with E-state index in [-0.39, 0.29) is 5.95 Å². The van der Waals surface area contributed by atoms with Crippen LogP contribution in [0.2, 0.25) is 0 Å². The number of aromatic nitrogens is 7. The van der Waals surface area contributed by atoms with Crippen molar-refractivity contribution in [1.29, 1.82) is 0 Å². The van der Waals surface area contributed by atoms with E-state index in [4.69, 9.17) is 15.5 Å². The number of nitrogens with two attached hydrogens (primary N) is 1. The van der Waals surface area contributed by atoms with Crippen LogP contribution < -0.4 is 10.5 Å². The third-order valence-electron chi connectivity index (χ3n) is 5.63. The molecule has 6 rings (SSSR count). The summed E-state index contributed by atoms with van der Waals surface area (Å²) in [5.74, 6) is 2.31. The molecule has 0 bridgehead atoms. The zero-order valence-corrected chi connectivity index (χ0v) is 21.8. The Morgan fingerprint density at radius 1 is 0.892 bits per heavy atom. The minimum absolute atomic E-state index is 0.166. The summed E-state index contributed by atoms with van der Waals surface area (Å²) in [4.78, 5) is 24.1. The van der Waals surface area contributed by atoms with Gasteiger partial charge in [-0.15, -0.1) is 27.8 Å². The van der Waals surface area contributed by atoms with Gasteiger partial charge in [0.25, 0.3) is 0 Å². The van der Waals surface area contributed by atoms with E-state index in [0.717, 1.165) is 36.4 Å². The molecule has 11 heteroatoms. The molecule has 0 aliphatic heterocycles. The second-order valence-electron chi connectivity index (χ2n) is 8.34. The van der Waals surface area contributed by atoms with Gasteiger partial charge in [0.05, 0.1) is 22.3 Å². The molecule has 184 valence electrons. The summed E-state index contributed by atoms with van der Waals surface area (Å²) in [6.07, 6.45) is 0.463. The lowest BCUT2D eigenvalue weighted by atomic mass is 10.2. The predicted molar refractivity (Wildman–Crippen MR) is 145 cm³/mol. The molecule has 0 saturated carbocycles. The van der Waals surface area contributed by atoms with Gasteiger partial charge in [0.15, 0.2) is 5.82 Å². The van der Waals surface area contributed by atoms with Gasteiger partial charge in [-0.3, -0.25) is 0 Å². The summed E-state index contributed by atoms with van der Waals surface area (Å²) >= 11 is 3.26.